The van der Waals surface area contributed by atoms with Gasteiger partial charge in [-0.25, -0.2) is 0 Å². The number of hydrogen-bond donors (Lipinski definition) is 1. The fourth-order valence-electron chi connectivity index (χ4n) is 1.92. The van der Waals surface area contributed by atoms with Gasteiger partial charge in [-0.15, -0.1) is 12.4 Å². The van der Waals surface area contributed by atoms with Crippen LogP contribution in [0.3, 0.4) is 0 Å². The Kier molecular flexibility index (Phi) is 5.41. The van der Waals surface area contributed by atoms with Crippen molar-refractivity contribution in [3.63, 3.8) is 0 Å². The summed E-state index contributed by atoms with van der Waals surface area (Å²) in [5, 5.41) is 11.0. The van der Waals surface area contributed by atoms with Crippen molar-refractivity contribution in [2.45, 2.75) is 26.2 Å². The van der Waals surface area contributed by atoms with Gasteiger partial charge in [0.25, 0.3) is 0 Å². The van der Waals surface area contributed by atoms with Crippen molar-refractivity contribution < 1.29 is 13.2 Å². The Morgan fingerprint density at radius 1 is 1.19 bits per heavy atom. The number of nitrogens with one attached hydrogen (secondary N) is 1. The number of nitrogens with zero attached hydrogens (tertiary/aromatic N) is 4. The molecule has 0 bridgehead atoms. The molecule has 21 heavy (non-hydrogen) atoms. The molecule has 0 amide bonds. The van der Waals surface area contributed by atoms with E-state index in [1.165, 1.54) is 7.05 Å². The Morgan fingerprint density at radius 3 is 2.33 bits per heavy atom. The van der Waals surface area contributed by atoms with Crippen molar-refractivity contribution in [3.05, 3.63) is 34.9 Å². The first kappa shape index (κ1) is 17.5. The molecule has 2 aromatic heterocycles. The molecule has 0 unspecified atom stereocenters. The molecule has 0 aliphatic rings. The predicted octanol–water partition coefficient (Wildman–Crippen LogP) is 2.19. The maximum atomic E-state index is 12.6. The average Bonchev–Trinajstić information content (AvgIpc) is 2.86. The van der Waals surface area contributed by atoms with E-state index in [2.05, 4.69) is 15.5 Å². The molecule has 2 aromatic rings. The van der Waals surface area contributed by atoms with Gasteiger partial charge in [0.2, 0.25) is 0 Å². The van der Waals surface area contributed by atoms with Gasteiger partial charge in [0, 0.05) is 38.4 Å². The molecular weight excluding hydrogens is 307 g/mol. The molecule has 0 saturated carbocycles. The van der Waals surface area contributed by atoms with Crippen LogP contribution < -0.4 is 5.32 Å². The summed E-state index contributed by atoms with van der Waals surface area (Å²) < 4.78 is 40.4. The number of aromatic nitrogens is 4. The molecule has 118 valence electrons. The maximum Gasteiger partial charge on any atom is 0.433 e. The minimum absolute atomic E-state index is 0. The van der Waals surface area contributed by atoms with Crippen molar-refractivity contribution >= 4 is 12.4 Å². The summed E-state index contributed by atoms with van der Waals surface area (Å²) in [5.74, 6) is 0. The van der Waals surface area contributed by atoms with E-state index in [1.807, 2.05) is 14.0 Å². The minimum atomic E-state index is -4.38. The van der Waals surface area contributed by atoms with Gasteiger partial charge < -0.3 is 5.32 Å². The zero-order valence-electron chi connectivity index (χ0n) is 11.9. The van der Waals surface area contributed by atoms with Crippen LogP contribution in [-0.2, 0) is 33.4 Å². The van der Waals surface area contributed by atoms with Gasteiger partial charge in [-0.2, -0.15) is 23.4 Å². The molecule has 0 aliphatic heterocycles. The van der Waals surface area contributed by atoms with E-state index in [1.54, 1.807) is 10.9 Å². The number of halogens is 4. The fraction of sp³-hybridized carbons (Fsp3) is 0.500. The topological polar surface area (TPSA) is 47.7 Å². The second kappa shape index (κ2) is 6.48. The summed E-state index contributed by atoms with van der Waals surface area (Å²) in [5.41, 5.74) is 1.65. The average molecular weight is 324 g/mol. The highest BCUT2D eigenvalue weighted by Crippen LogP contribution is 2.29. The van der Waals surface area contributed by atoms with Crippen LogP contribution in [0.4, 0.5) is 13.2 Å². The molecule has 0 atom stereocenters. The Morgan fingerprint density at radius 2 is 1.86 bits per heavy atom. The molecule has 0 aliphatic carbocycles. The largest absolute Gasteiger partial charge is 0.433 e. The lowest BCUT2D eigenvalue weighted by atomic mass is 10.2. The van der Waals surface area contributed by atoms with Gasteiger partial charge in [-0.05, 0) is 13.0 Å². The highest BCUT2D eigenvalue weighted by molar-refractivity contribution is 5.85. The molecule has 2 heterocycles. The number of rotatable bonds is 4. The van der Waals surface area contributed by atoms with Crippen LogP contribution in [0.1, 0.15) is 22.6 Å². The highest BCUT2D eigenvalue weighted by atomic mass is 35.5. The van der Waals surface area contributed by atoms with Crippen molar-refractivity contribution in [3.8, 4) is 0 Å². The smallest absolute Gasteiger partial charge is 0.307 e. The standard InChI is InChI=1S/C12H16F3N5.ClH/c1-8-9(6-17-19(8)2)5-16-7-10-4-11(12(13,14)15)20(3)18-10;/h4,6,16H,5,7H2,1-3H3;1H. The maximum absolute atomic E-state index is 12.6. The summed E-state index contributed by atoms with van der Waals surface area (Å²) in [4.78, 5) is 0. The van der Waals surface area contributed by atoms with E-state index >= 15 is 0 Å². The van der Waals surface area contributed by atoms with Gasteiger partial charge in [0.1, 0.15) is 5.69 Å². The van der Waals surface area contributed by atoms with Crippen molar-refractivity contribution in [2.24, 2.45) is 14.1 Å². The first-order chi connectivity index (χ1) is 9.29. The van der Waals surface area contributed by atoms with Gasteiger partial charge in [0.15, 0.2) is 0 Å². The lowest BCUT2D eigenvalue weighted by Gasteiger charge is -2.04. The minimum Gasteiger partial charge on any atom is -0.307 e. The van der Waals surface area contributed by atoms with Crippen molar-refractivity contribution in [1.82, 2.24) is 24.9 Å². The molecular formula is C12H17ClF3N5. The van der Waals surface area contributed by atoms with Gasteiger partial charge in [0.05, 0.1) is 11.9 Å². The SMILES string of the molecule is Cc1c(CNCc2cc(C(F)(F)F)n(C)n2)cnn1C.Cl. The first-order valence-electron chi connectivity index (χ1n) is 6.07. The van der Waals surface area contributed by atoms with E-state index in [4.69, 9.17) is 0 Å². The number of alkyl halides is 3. The van der Waals surface area contributed by atoms with E-state index in [9.17, 15) is 13.2 Å². The van der Waals surface area contributed by atoms with E-state index < -0.39 is 11.9 Å². The molecule has 5 nitrogen and oxygen atoms in total. The third-order valence-corrected chi connectivity index (χ3v) is 3.18. The third kappa shape index (κ3) is 3.98. The quantitative estimate of drug-likeness (QED) is 0.938. The molecule has 0 aromatic carbocycles. The van der Waals surface area contributed by atoms with Crippen LogP contribution >= 0.6 is 12.4 Å². The van der Waals surface area contributed by atoms with Crippen LogP contribution in [-0.4, -0.2) is 19.6 Å². The Bertz CT molecular complexity index is 603. The van der Waals surface area contributed by atoms with Gasteiger partial charge >= 0.3 is 6.18 Å². The second-order valence-corrected chi connectivity index (χ2v) is 4.62. The Labute approximate surface area is 126 Å². The monoisotopic (exact) mass is 323 g/mol. The molecule has 9 heteroatoms. The van der Waals surface area contributed by atoms with Gasteiger partial charge in [-0.3, -0.25) is 9.36 Å². The summed E-state index contributed by atoms with van der Waals surface area (Å²) in [6, 6.07) is 1.06. The normalized spacial score (nSPS) is 11.5. The van der Waals surface area contributed by atoms with E-state index in [0.717, 1.165) is 22.0 Å². The van der Waals surface area contributed by atoms with Crippen LogP contribution in [0.15, 0.2) is 12.3 Å². The lowest BCUT2D eigenvalue weighted by molar-refractivity contribution is -0.143. The van der Waals surface area contributed by atoms with Crippen molar-refractivity contribution in [1.29, 1.82) is 0 Å². The molecule has 0 spiro atoms. The Balaban J connectivity index is 0.00000220. The van der Waals surface area contributed by atoms with Crippen LogP contribution in [0.25, 0.3) is 0 Å². The van der Waals surface area contributed by atoms with Crippen molar-refractivity contribution in [2.75, 3.05) is 0 Å². The number of aryl methyl sites for hydroxylation is 2. The van der Waals surface area contributed by atoms with Crippen LogP contribution in [0, 0.1) is 6.92 Å². The zero-order valence-corrected chi connectivity index (χ0v) is 12.7. The highest BCUT2D eigenvalue weighted by Gasteiger charge is 2.34. The summed E-state index contributed by atoms with van der Waals surface area (Å²) >= 11 is 0. The summed E-state index contributed by atoms with van der Waals surface area (Å²) in [6.45, 7) is 2.75. The molecule has 1 N–H and O–H groups in total. The molecule has 0 radical (unpaired) electrons. The molecule has 0 fully saturated rings. The number of hydrogen-bond acceptors (Lipinski definition) is 3. The first-order valence-corrected chi connectivity index (χ1v) is 6.07. The van der Waals surface area contributed by atoms with E-state index in [-0.39, 0.29) is 19.0 Å². The summed E-state index contributed by atoms with van der Waals surface area (Å²) in [6.07, 6.45) is -2.64. The molecule has 2 rings (SSSR count). The van der Waals surface area contributed by atoms with Crippen LogP contribution in [0.2, 0.25) is 0 Å². The second-order valence-electron chi connectivity index (χ2n) is 4.62. The molecule has 0 saturated heterocycles. The van der Waals surface area contributed by atoms with Gasteiger partial charge in [-0.1, -0.05) is 0 Å². The Hall–Kier alpha value is -1.54. The van der Waals surface area contributed by atoms with E-state index in [0.29, 0.717) is 12.2 Å². The fourth-order valence-corrected chi connectivity index (χ4v) is 1.92. The lowest BCUT2D eigenvalue weighted by Crippen LogP contribution is -2.13. The zero-order chi connectivity index (χ0) is 14.9. The third-order valence-electron chi connectivity index (χ3n) is 3.18. The predicted molar refractivity (Wildman–Crippen MR) is 73.9 cm³/mol. The van der Waals surface area contributed by atoms with Crippen LogP contribution in [0.5, 0.6) is 0 Å². The summed E-state index contributed by atoms with van der Waals surface area (Å²) in [7, 11) is 3.13.